The van der Waals surface area contributed by atoms with E-state index >= 15 is 0 Å². The van der Waals surface area contributed by atoms with Gasteiger partial charge in [-0.2, -0.15) is 0 Å². The second-order valence-corrected chi connectivity index (χ2v) is 4.69. The SMILES string of the molecule is O=C(O)C12CC1(c1ccncc1)c1ccc2o1. The number of fused-ring (bicyclic) bond motifs is 5. The van der Waals surface area contributed by atoms with E-state index in [-0.39, 0.29) is 0 Å². The van der Waals surface area contributed by atoms with Crippen LogP contribution in [0.1, 0.15) is 23.5 Å². The van der Waals surface area contributed by atoms with Gasteiger partial charge in [0.1, 0.15) is 16.9 Å². The Hall–Kier alpha value is -2.10. The van der Waals surface area contributed by atoms with Gasteiger partial charge in [0.15, 0.2) is 0 Å². The first-order valence-corrected chi connectivity index (χ1v) is 5.46. The Balaban J connectivity index is 1.98. The smallest absolute Gasteiger partial charge is 0.318 e. The fraction of sp³-hybridized carbons (Fsp3) is 0.231. The highest BCUT2D eigenvalue weighted by atomic mass is 16.4. The summed E-state index contributed by atoms with van der Waals surface area (Å²) in [5, 5.41) is 9.50. The van der Waals surface area contributed by atoms with Crippen molar-refractivity contribution in [2.75, 3.05) is 0 Å². The molecule has 2 aromatic heterocycles. The Morgan fingerprint density at radius 3 is 2.65 bits per heavy atom. The van der Waals surface area contributed by atoms with E-state index in [0.29, 0.717) is 12.2 Å². The molecule has 84 valence electrons. The van der Waals surface area contributed by atoms with Crippen LogP contribution < -0.4 is 0 Å². The summed E-state index contributed by atoms with van der Waals surface area (Å²) in [5.74, 6) is 0.543. The van der Waals surface area contributed by atoms with Gasteiger partial charge in [0.05, 0.1) is 5.41 Å². The van der Waals surface area contributed by atoms with Gasteiger partial charge in [-0.3, -0.25) is 9.78 Å². The zero-order valence-electron chi connectivity index (χ0n) is 8.88. The second-order valence-electron chi connectivity index (χ2n) is 4.69. The molecular formula is C13H9NO3. The number of aromatic nitrogens is 1. The van der Waals surface area contributed by atoms with Gasteiger partial charge in [0.2, 0.25) is 0 Å². The number of carboxylic acids is 1. The summed E-state index contributed by atoms with van der Waals surface area (Å²) in [6.45, 7) is 0. The number of aliphatic carboxylic acids is 1. The Labute approximate surface area is 96.9 Å². The van der Waals surface area contributed by atoms with Crippen LogP contribution in [-0.4, -0.2) is 16.1 Å². The van der Waals surface area contributed by atoms with Crippen molar-refractivity contribution in [3.8, 4) is 0 Å². The summed E-state index contributed by atoms with van der Waals surface area (Å²) in [6, 6.07) is 7.39. The standard InChI is InChI=1S/C13H9NO3/c15-11(16)13-7-12(13,8-3-5-14-6-4-8)9-1-2-10(13)17-9/h1-6H,7H2,(H,15,16). The molecule has 2 aromatic rings. The molecule has 2 aliphatic rings. The summed E-state index contributed by atoms with van der Waals surface area (Å²) in [7, 11) is 0. The lowest BCUT2D eigenvalue weighted by Gasteiger charge is -2.15. The second kappa shape index (κ2) is 2.42. The van der Waals surface area contributed by atoms with E-state index in [9.17, 15) is 9.90 Å². The van der Waals surface area contributed by atoms with Crippen molar-refractivity contribution in [2.24, 2.45) is 0 Å². The Kier molecular flexibility index (Phi) is 1.28. The highest BCUT2D eigenvalue weighted by molar-refractivity contribution is 5.92. The average Bonchev–Trinajstić information content (AvgIpc) is 2.78. The molecule has 1 N–H and O–H groups in total. The summed E-state index contributed by atoms with van der Waals surface area (Å²) in [4.78, 5) is 15.5. The van der Waals surface area contributed by atoms with Gasteiger partial charge in [0, 0.05) is 12.4 Å². The fourth-order valence-corrected chi connectivity index (χ4v) is 3.24. The number of hydrogen-bond donors (Lipinski definition) is 1. The third-order valence-electron chi connectivity index (χ3n) is 4.12. The van der Waals surface area contributed by atoms with Crippen molar-refractivity contribution in [1.29, 1.82) is 0 Å². The van der Waals surface area contributed by atoms with Gasteiger partial charge in [-0.15, -0.1) is 0 Å². The molecule has 2 atom stereocenters. The van der Waals surface area contributed by atoms with E-state index in [1.54, 1.807) is 18.5 Å². The normalized spacial score (nSPS) is 32.2. The van der Waals surface area contributed by atoms with Crippen molar-refractivity contribution in [2.45, 2.75) is 17.3 Å². The third-order valence-corrected chi connectivity index (χ3v) is 4.12. The first-order chi connectivity index (χ1) is 8.22. The number of rotatable bonds is 2. The molecule has 0 aromatic carbocycles. The largest absolute Gasteiger partial charge is 0.480 e. The van der Waals surface area contributed by atoms with E-state index in [1.165, 1.54) is 0 Å². The monoisotopic (exact) mass is 227 g/mol. The molecular weight excluding hydrogens is 218 g/mol. The number of nitrogens with zero attached hydrogens (tertiary/aromatic N) is 1. The van der Waals surface area contributed by atoms with Crippen LogP contribution in [0.5, 0.6) is 0 Å². The van der Waals surface area contributed by atoms with Crippen LogP contribution in [0.3, 0.4) is 0 Å². The van der Waals surface area contributed by atoms with Crippen LogP contribution in [0.25, 0.3) is 0 Å². The van der Waals surface area contributed by atoms with Crippen LogP contribution in [-0.2, 0) is 15.6 Å². The van der Waals surface area contributed by atoms with Crippen LogP contribution in [0.15, 0.2) is 41.1 Å². The molecule has 2 bridgehead atoms. The minimum atomic E-state index is -0.863. The topological polar surface area (TPSA) is 63.3 Å². The predicted molar refractivity (Wildman–Crippen MR) is 57.7 cm³/mol. The zero-order valence-corrected chi connectivity index (χ0v) is 8.88. The van der Waals surface area contributed by atoms with Crippen LogP contribution in [0.2, 0.25) is 0 Å². The fourth-order valence-electron chi connectivity index (χ4n) is 3.24. The average molecular weight is 227 g/mol. The van der Waals surface area contributed by atoms with Gasteiger partial charge in [-0.1, -0.05) is 0 Å². The molecule has 2 unspecified atom stereocenters. The van der Waals surface area contributed by atoms with Crippen molar-refractivity contribution in [3.63, 3.8) is 0 Å². The highest BCUT2D eigenvalue weighted by Crippen LogP contribution is 2.73. The van der Waals surface area contributed by atoms with Gasteiger partial charge < -0.3 is 9.52 Å². The maximum Gasteiger partial charge on any atom is 0.318 e. The minimum Gasteiger partial charge on any atom is -0.480 e. The lowest BCUT2D eigenvalue weighted by molar-refractivity contribution is -0.140. The van der Waals surface area contributed by atoms with E-state index in [2.05, 4.69) is 4.98 Å². The lowest BCUT2D eigenvalue weighted by atomic mass is 9.82. The van der Waals surface area contributed by atoms with Crippen molar-refractivity contribution >= 4 is 5.97 Å². The molecule has 0 spiro atoms. The lowest BCUT2D eigenvalue weighted by Crippen LogP contribution is -2.28. The molecule has 3 heterocycles. The first-order valence-electron chi connectivity index (χ1n) is 5.46. The third kappa shape index (κ3) is 0.731. The Morgan fingerprint density at radius 1 is 1.24 bits per heavy atom. The minimum absolute atomic E-state index is 0.480. The molecule has 17 heavy (non-hydrogen) atoms. The van der Waals surface area contributed by atoms with Gasteiger partial charge in [0.25, 0.3) is 0 Å². The number of hydrogen-bond acceptors (Lipinski definition) is 3. The quantitative estimate of drug-likeness (QED) is 0.848. The Bertz CT molecular complexity index is 633. The van der Waals surface area contributed by atoms with Crippen LogP contribution in [0.4, 0.5) is 0 Å². The van der Waals surface area contributed by atoms with Crippen molar-refractivity contribution < 1.29 is 14.3 Å². The van der Waals surface area contributed by atoms with Gasteiger partial charge in [-0.25, -0.2) is 0 Å². The van der Waals surface area contributed by atoms with Crippen LogP contribution in [0, 0.1) is 0 Å². The number of furan rings is 1. The maximum atomic E-state index is 11.6. The van der Waals surface area contributed by atoms with Crippen molar-refractivity contribution in [1.82, 2.24) is 4.98 Å². The summed E-state index contributed by atoms with van der Waals surface area (Å²) >= 11 is 0. The number of carboxylic acid groups (broad SMARTS) is 1. The molecule has 4 rings (SSSR count). The molecule has 0 radical (unpaired) electrons. The molecule has 0 saturated heterocycles. The summed E-state index contributed by atoms with van der Waals surface area (Å²) in [5.41, 5.74) is -0.367. The zero-order chi connectivity index (χ0) is 11.7. The molecule has 0 amide bonds. The van der Waals surface area contributed by atoms with E-state index in [1.807, 2.05) is 18.2 Å². The highest BCUT2D eigenvalue weighted by Gasteiger charge is 2.81. The first kappa shape index (κ1) is 8.98. The summed E-state index contributed by atoms with van der Waals surface area (Å²) < 4.78 is 5.58. The molecule has 4 heteroatoms. The maximum absolute atomic E-state index is 11.6. The van der Waals surface area contributed by atoms with Crippen LogP contribution >= 0.6 is 0 Å². The van der Waals surface area contributed by atoms with Crippen molar-refractivity contribution in [3.05, 3.63) is 53.7 Å². The van der Waals surface area contributed by atoms with Gasteiger partial charge >= 0.3 is 5.97 Å². The Morgan fingerprint density at radius 2 is 1.94 bits per heavy atom. The molecule has 1 aliphatic heterocycles. The van der Waals surface area contributed by atoms with E-state index in [4.69, 9.17) is 4.42 Å². The molecule has 1 aliphatic carbocycles. The van der Waals surface area contributed by atoms with E-state index in [0.717, 1.165) is 11.3 Å². The predicted octanol–water partition coefficient (Wildman–Crippen LogP) is 1.70. The molecule has 1 fully saturated rings. The number of carbonyl (C=O) groups is 1. The van der Waals surface area contributed by atoms with Gasteiger partial charge in [-0.05, 0) is 36.2 Å². The molecule has 4 nitrogen and oxygen atoms in total. The summed E-state index contributed by atoms with van der Waals surface area (Å²) in [6.07, 6.45) is 3.98. The molecule has 1 saturated carbocycles. The number of pyridine rings is 1. The van der Waals surface area contributed by atoms with E-state index < -0.39 is 16.8 Å².